The Bertz CT molecular complexity index is 1280. The monoisotopic (exact) mass is 451 g/mol. The number of nitrogens with zero attached hydrogens (tertiary/aromatic N) is 6. The van der Waals surface area contributed by atoms with Gasteiger partial charge in [0, 0.05) is 62.0 Å². The lowest BCUT2D eigenvalue weighted by Gasteiger charge is -2.34. The van der Waals surface area contributed by atoms with Crippen molar-refractivity contribution < 1.29 is 0 Å². The second kappa shape index (κ2) is 10.0. The van der Waals surface area contributed by atoms with Gasteiger partial charge in [0.15, 0.2) is 5.69 Å². The molecule has 0 amide bonds. The van der Waals surface area contributed by atoms with Crippen molar-refractivity contribution in [2.75, 3.05) is 37.6 Å². The first kappa shape index (κ1) is 22.1. The fourth-order valence-electron chi connectivity index (χ4n) is 4.52. The Balaban J connectivity index is 1.07. The highest BCUT2D eigenvalue weighted by Crippen LogP contribution is 2.25. The number of piperazine rings is 1. The van der Waals surface area contributed by atoms with Crippen LogP contribution < -0.4 is 4.90 Å². The Labute approximate surface area is 200 Å². The number of hydrogen-bond acceptors (Lipinski definition) is 5. The van der Waals surface area contributed by atoms with E-state index in [2.05, 4.69) is 46.8 Å². The Morgan fingerprint density at radius 1 is 0.971 bits per heavy atom. The number of anilines is 1. The van der Waals surface area contributed by atoms with Crippen LogP contribution in [0.15, 0.2) is 55.1 Å². The van der Waals surface area contributed by atoms with E-state index in [4.69, 9.17) is 6.57 Å². The molecule has 1 N–H and O–H groups in total. The third kappa shape index (κ3) is 4.92. The molecule has 0 saturated carbocycles. The van der Waals surface area contributed by atoms with Gasteiger partial charge in [0.05, 0.1) is 12.3 Å². The molecule has 0 atom stereocenters. The van der Waals surface area contributed by atoms with Crippen LogP contribution in [0.5, 0.6) is 0 Å². The molecule has 7 nitrogen and oxygen atoms in total. The lowest BCUT2D eigenvalue weighted by atomic mass is 10.1. The minimum absolute atomic E-state index is 0.705. The van der Waals surface area contributed by atoms with Gasteiger partial charge in [-0.25, -0.2) is 14.8 Å². The summed E-state index contributed by atoms with van der Waals surface area (Å²) in [6.45, 7) is 14.4. The fourth-order valence-corrected chi connectivity index (χ4v) is 4.52. The van der Waals surface area contributed by atoms with Gasteiger partial charge in [0.1, 0.15) is 0 Å². The zero-order chi connectivity index (χ0) is 23.3. The zero-order valence-corrected chi connectivity index (χ0v) is 19.5. The summed E-state index contributed by atoms with van der Waals surface area (Å²) < 4.78 is 0. The third-order valence-electron chi connectivity index (χ3n) is 6.55. The first-order valence-electron chi connectivity index (χ1n) is 11.9. The summed E-state index contributed by atoms with van der Waals surface area (Å²) in [5.74, 6) is 0.800. The molecule has 1 aliphatic rings. The molecule has 0 aliphatic carbocycles. The fraction of sp³-hybridized carbons (Fsp3) is 0.333. The SMILES string of the molecule is [C-]#[N+]c1ccc2[nH]cc(CCCCN3CCN(c4ncc(-c5ccc(C)cn5)cn4)CC3)c2c1. The molecule has 0 spiro atoms. The summed E-state index contributed by atoms with van der Waals surface area (Å²) in [5, 5.41) is 1.19. The van der Waals surface area contributed by atoms with Crippen LogP contribution in [-0.4, -0.2) is 57.6 Å². The van der Waals surface area contributed by atoms with E-state index in [0.29, 0.717) is 5.69 Å². The number of aromatic amines is 1. The van der Waals surface area contributed by atoms with Crippen LogP contribution in [0.1, 0.15) is 24.0 Å². The van der Waals surface area contributed by atoms with Crippen molar-refractivity contribution in [2.24, 2.45) is 0 Å². The minimum Gasteiger partial charge on any atom is -0.361 e. The molecule has 34 heavy (non-hydrogen) atoms. The van der Waals surface area contributed by atoms with Crippen molar-refractivity contribution in [2.45, 2.75) is 26.2 Å². The van der Waals surface area contributed by atoms with Gasteiger partial charge in [-0.15, -0.1) is 0 Å². The number of aromatic nitrogens is 4. The molecule has 0 radical (unpaired) electrons. The molecule has 172 valence electrons. The average molecular weight is 452 g/mol. The topological polar surface area (TPSA) is 65.3 Å². The van der Waals surface area contributed by atoms with Gasteiger partial charge < -0.3 is 9.88 Å². The largest absolute Gasteiger partial charge is 0.361 e. The second-order valence-corrected chi connectivity index (χ2v) is 8.93. The first-order valence-corrected chi connectivity index (χ1v) is 11.9. The summed E-state index contributed by atoms with van der Waals surface area (Å²) >= 11 is 0. The quantitative estimate of drug-likeness (QED) is 0.316. The highest BCUT2D eigenvalue weighted by Gasteiger charge is 2.18. The van der Waals surface area contributed by atoms with E-state index in [1.807, 2.05) is 49.8 Å². The van der Waals surface area contributed by atoms with Crippen molar-refractivity contribution >= 4 is 22.5 Å². The predicted octanol–water partition coefficient (Wildman–Crippen LogP) is 5.02. The number of hydrogen-bond donors (Lipinski definition) is 1. The Morgan fingerprint density at radius 3 is 2.53 bits per heavy atom. The number of H-pyrrole nitrogens is 1. The number of aryl methyl sites for hydroxylation is 2. The molecule has 1 aromatic carbocycles. The zero-order valence-electron chi connectivity index (χ0n) is 19.5. The van der Waals surface area contributed by atoms with E-state index in [-0.39, 0.29) is 0 Å². The van der Waals surface area contributed by atoms with Crippen molar-refractivity contribution in [3.05, 3.63) is 77.7 Å². The molecule has 4 heterocycles. The van der Waals surface area contributed by atoms with E-state index >= 15 is 0 Å². The second-order valence-electron chi connectivity index (χ2n) is 8.93. The third-order valence-corrected chi connectivity index (χ3v) is 6.55. The van der Waals surface area contributed by atoms with Gasteiger partial charge in [-0.1, -0.05) is 12.1 Å². The summed E-state index contributed by atoms with van der Waals surface area (Å²) in [5.41, 5.74) is 6.13. The molecular formula is C27H29N7. The Hall–Kier alpha value is -3.76. The van der Waals surface area contributed by atoms with Crippen LogP contribution in [0.3, 0.4) is 0 Å². The summed E-state index contributed by atoms with van der Waals surface area (Å²) in [6, 6.07) is 9.94. The maximum Gasteiger partial charge on any atom is 0.225 e. The van der Waals surface area contributed by atoms with Gasteiger partial charge in [-0.2, -0.15) is 0 Å². The van der Waals surface area contributed by atoms with Crippen LogP contribution in [0.2, 0.25) is 0 Å². The number of unbranched alkanes of at least 4 members (excludes halogenated alkanes) is 1. The molecule has 1 saturated heterocycles. The maximum absolute atomic E-state index is 7.24. The average Bonchev–Trinajstić information content (AvgIpc) is 3.29. The predicted molar refractivity (Wildman–Crippen MR) is 136 cm³/mol. The van der Waals surface area contributed by atoms with E-state index < -0.39 is 0 Å². The number of benzene rings is 1. The number of nitrogens with one attached hydrogen (secondary N) is 1. The van der Waals surface area contributed by atoms with Crippen molar-refractivity contribution in [3.63, 3.8) is 0 Å². The molecule has 3 aromatic heterocycles. The number of rotatable bonds is 7. The van der Waals surface area contributed by atoms with Gasteiger partial charge >= 0.3 is 0 Å². The van der Waals surface area contributed by atoms with Gasteiger partial charge in [0.25, 0.3) is 0 Å². The van der Waals surface area contributed by atoms with Crippen LogP contribution in [0.25, 0.3) is 27.0 Å². The van der Waals surface area contributed by atoms with Crippen LogP contribution in [-0.2, 0) is 6.42 Å². The first-order chi connectivity index (χ1) is 16.7. The molecule has 4 aromatic rings. The maximum atomic E-state index is 7.24. The molecule has 7 heteroatoms. The molecule has 0 bridgehead atoms. The summed E-state index contributed by atoms with van der Waals surface area (Å²) in [4.78, 5) is 25.4. The minimum atomic E-state index is 0.705. The van der Waals surface area contributed by atoms with E-state index in [1.54, 1.807) is 0 Å². The van der Waals surface area contributed by atoms with Crippen molar-refractivity contribution in [1.82, 2.24) is 24.8 Å². The number of pyridine rings is 1. The Kier molecular flexibility index (Phi) is 6.50. The molecule has 0 unspecified atom stereocenters. The molecule has 1 fully saturated rings. The van der Waals surface area contributed by atoms with Crippen LogP contribution in [0, 0.1) is 13.5 Å². The number of fused-ring (bicyclic) bond motifs is 1. The van der Waals surface area contributed by atoms with Gasteiger partial charge in [-0.05, 0) is 67.4 Å². The van der Waals surface area contributed by atoms with Crippen molar-refractivity contribution in [3.8, 4) is 11.3 Å². The lowest BCUT2D eigenvalue weighted by molar-refractivity contribution is 0.252. The smallest absolute Gasteiger partial charge is 0.225 e. The van der Waals surface area contributed by atoms with Crippen molar-refractivity contribution in [1.29, 1.82) is 0 Å². The van der Waals surface area contributed by atoms with E-state index in [1.165, 1.54) is 17.4 Å². The Morgan fingerprint density at radius 2 is 1.79 bits per heavy atom. The van der Waals surface area contributed by atoms with Crippen LogP contribution >= 0.6 is 0 Å². The van der Waals surface area contributed by atoms with E-state index in [9.17, 15) is 0 Å². The summed E-state index contributed by atoms with van der Waals surface area (Å²) in [7, 11) is 0. The molecule has 5 rings (SSSR count). The van der Waals surface area contributed by atoms with E-state index in [0.717, 1.165) is 73.9 Å². The molecule has 1 aliphatic heterocycles. The highest BCUT2D eigenvalue weighted by atomic mass is 15.3. The summed E-state index contributed by atoms with van der Waals surface area (Å²) in [6.07, 6.45) is 11.1. The highest BCUT2D eigenvalue weighted by molar-refractivity contribution is 5.86. The normalized spacial score (nSPS) is 14.4. The lowest BCUT2D eigenvalue weighted by Crippen LogP contribution is -2.47. The van der Waals surface area contributed by atoms with Crippen LogP contribution in [0.4, 0.5) is 11.6 Å². The van der Waals surface area contributed by atoms with Gasteiger partial charge in [-0.3, -0.25) is 9.88 Å². The van der Waals surface area contributed by atoms with Gasteiger partial charge in [0.2, 0.25) is 5.95 Å². The molecular weight excluding hydrogens is 422 g/mol. The standard InChI is InChI=1S/C27H29N7/c1-20-6-8-25(29-16-20)22-18-31-27(32-19-22)34-13-11-33(12-14-34)10-4-3-5-21-17-30-26-9-7-23(28-2)15-24(21)26/h6-9,15-19,30H,3-5,10-14H2,1H3.